The van der Waals surface area contributed by atoms with Crippen molar-refractivity contribution in [2.45, 2.75) is 25.3 Å². The molecule has 0 saturated heterocycles. The van der Waals surface area contributed by atoms with E-state index in [4.69, 9.17) is 10.5 Å². The molecule has 114 valence electrons. The highest BCUT2D eigenvalue weighted by Crippen LogP contribution is 2.25. The van der Waals surface area contributed by atoms with Gasteiger partial charge in [0, 0.05) is 31.3 Å². The molecular weight excluding hydrogens is 344 g/mol. The smallest absolute Gasteiger partial charge is 0.240 e. The van der Waals surface area contributed by atoms with Crippen molar-refractivity contribution < 1.29 is 13.2 Å². The van der Waals surface area contributed by atoms with Gasteiger partial charge in [-0.3, -0.25) is 0 Å². The second-order valence-electron chi connectivity index (χ2n) is 4.82. The minimum atomic E-state index is -3.55. The molecular formula is C13H21BrN2O3S. The van der Waals surface area contributed by atoms with Gasteiger partial charge in [0.2, 0.25) is 10.0 Å². The Kier molecular flexibility index (Phi) is 6.60. The third-order valence-corrected chi connectivity index (χ3v) is 5.33. The van der Waals surface area contributed by atoms with E-state index in [2.05, 4.69) is 20.7 Å². The fraction of sp³-hybridized carbons (Fsp3) is 0.538. The van der Waals surface area contributed by atoms with Gasteiger partial charge in [0.05, 0.1) is 4.90 Å². The number of nitrogens with two attached hydrogens (primary N) is 1. The molecule has 0 aliphatic heterocycles. The van der Waals surface area contributed by atoms with Gasteiger partial charge < -0.3 is 10.5 Å². The van der Waals surface area contributed by atoms with Gasteiger partial charge in [-0.25, -0.2) is 13.1 Å². The highest BCUT2D eigenvalue weighted by molar-refractivity contribution is 9.10. The molecule has 5 nitrogen and oxygen atoms in total. The number of ether oxygens (including phenoxy) is 1. The van der Waals surface area contributed by atoms with E-state index in [1.165, 1.54) is 0 Å². The molecule has 0 fully saturated rings. The standard InChI is InChI=1S/C13H21BrN2O3S/c1-9(8-19-3)7-16-20(17,18)13-5-11(6-15)4-12(14)10(13)2/h4-5,9,16H,6-8,15H2,1-3H3. The van der Waals surface area contributed by atoms with Gasteiger partial charge in [-0.1, -0.05) is 22.9 Å². The molecule has 1 aromatic carbocycles. The Morgan fingerprint density at radius 1 is 1.45 bits per heavy atom. The van der Waals surface area contributed by atoms with Crippen molar-refractivity contribution >= 4 is 26.0 Å². The van der Waals surface area contributed by atoms with Crippen LogP contribution in [0.3, 0.4) is 0 Å². The van der Waals surface area contributed by atoms with Gasteiger partial charge in [0.1, 0.15) is 0 Å². The first-order valence-corrected chi connectivity index (χ1v) is 8.57. The summed E-state index contributed by atoms with van der Waals surface area (Å²) in [5.74, 6) is 0.108. The Labute approximate surface area is 129 Å². The van der Waals surface area contributed by atoms with Gasteiger partial charge >= 0.3 is 0 Å². The second kappa shape index (κ2) is 7.51. The molecule has 0 bridgehead atoms. The number of nitrogens with one attached hydrogen (secondary N) is 1. The molecule has 0 aliphatic carbocycles. The van der Waals surface area contributed by atoms with Gasteiger partial charge in [0.25, 0.3) is 0 Å². The molecule has 0 aliphatic rings. The van der Waals surface area contributed by atoms with E-state index < -0.39 is 10.0 Å². The first kappa shape index (κ1) is 17.6. The van der Waals surface area contributed by atoms with Crippen molar-refractivity contribution in [2.75, 3.05) is 20.3 Å². The van der Waals surface area contributed by atoms with Crippen LogP contribution in [0, 0.1) is 12.8 Å². The lowest BCUT2D eigenvalue weighted by Gasteiger charge is -2.15. The van der Waals surface area contributed by atoms with Crippen LogP contribution >= 0.6 is 15.9 Å². The fourth-order valence-electron chi connectivity index (χ4n) is 1.78. The first-order chi connectivity index (χ1) is 9.31. The van der Waals surface area contributed by atoms with Crippen LogP contribution < -0.4 is 10.5 Å². The minimum Gasteiger partial charge on any atom is -0.384 e. The summed E-state index contributed by atoms with van der Waals surface area (Å²) in [4.78, 5) is 0.261. The van der Waals surface area contributed by atoms with Crippen LogP contribution in [0.5, 0.6) is 0 Å². The number of hydrogen-bond acceptors (Lipinski definition) is 4. The molecule has 1 atom stereocenters. The predicted octanol–water partition coefficient (Wildman–Crippen LogP) is 1.78. The second-order valence-corrected chi connectivity index (χ2v) is 7.41. The van der Waals surface area contributed by atoms with Crippen molar-refractivity contribution in [1.29, 1.82) is 0 Å². The Morgan fingerprint density at radius 2 is 2.10 bits per heavy atom. The van der Waals surface area contributed by atoms with Crippen molar-refractivity contribution in [2.24, 2.45) is 11.7 Å². The normalized spacial score (nSPS) is 13.4. The zero-order valence-electron chi connectivity index (χ0n) is 11.9. The van der Waals surface area contributed by atoms with Gasteiger partial charge in [-0.05, 0) is 36.1 Å². The molecule has 0 radical (unpaired) electrons. The molecule has 1 aromatic rings. The van der Waals surface area contributed by atoms with E-state index in [1.807, 2.05) is 13.0 Å². The number of halogens is 1. The third-order valence-electron chi connectivity index (χ3n) is 2.95. The summed E-state index contributed by atoms with van der Waals surface area (Å²) in [5.41, 5.74) is 7.04. The maximum absolute atomic E-state index is 12.4. The van der Waals surface area contributed by atoms with E-state index in [1.54, 1.807) is 20.1 Å². The highest BCUT2D eigenvalue weighted by Gasteiger charge is 2.19. The summed E-state index contributed by atoms with van der Waals surface area (Å²) < 4.78 is 33.1. The largest absolute Gasteiger partial charge is 0.384 e. The van der Waals surface area contributed by atoms with Crippen LogP contribution in [-0.4, -0.2) is 28.7 Å². The lowest BCUT2D eigenvalue weighted by molar-refractivity contribution is 0.161. The number of hydrogen-bond donors (Lipinski definition) is 2. The first-order valence-electron chi connectivity index (χ1n) is 6.29. The average Bonchev–Trinajstić information content (AvgIpc) is 2.39. The Bertz CT molecular complexity index is 561. The zero-order chi connectivity index (χ0) is 15.3. The SMILES string of the molecule is COCC(C)CNS(=O)(=O)c1cc(CN)cc(Br)c1C. The Morgan fingerprint density at radius 3 is 2.65 bits per heavy atom. The third kappa shape index (κ3) is 4.53. The average molecular weight is 365 g/mol. The van der Waals surface area contributed by atoms with Crippen LogP contribution in [-0.2, 0) is 21.3 Å². The maximum atomic E-state index is 12.4. The van der Waals surface area contributed by atoms with Crippen LogP contribution in [0.4, 0.5) is 0 Å². The van der Waals surface area contributed by atoms with Crippen LogP contribution in [0.15, 0.2) is 21.5 Å². The molecule has 1 rings (SSSR count). The summed E-state index contributed by atoms with van der Waals surface area (Å²) >= 11 is 3.37. The molecule has 0 aromatic heterocycles. The van der Waals surface area contributed by atoms with Crippen LogP contribution in [0.25, 0.3) is 0 Å². The molecule has 7 heteroatoms. The Hall–Kier alpha value is -0.470. The number of benzene rings is 1. The Balaban J connectivity index is 3.00. The minimum absolute atomic E-state index is 0.108. The number of methoxy groups -OCH3 is 1. The highest BCUT2D eigenvalue weighted by atomic mass is 79.9. The topological polar surface area (TPSA) is 81.4 Å². The maximum Gasteiger partial charge on any atom is 0.240 e. The summed E-state index contributed by atoms with van der Waals surface area (Å²) in [6.07, 6.45) is 0. The summed E-state index contributed by atoms with van der Waals surface area (Å²) in [5, 5.41) is 0. The summed E-state index contributed by atoms with van der Waals surface area (Å²) in [6, 6.07) is 3.45. The molecule has 0 amide bonds. The van der Waals surface area contributed by atoms with Crippen LogP contribution in [0.2, 0.25) is 0 Å². The monoisotopic (exact) mass is 364 g/mol. The van der Waals surface area contributed by atoms with E-state index in [-0.39, 0.29) is 10.8 Å². The molecule has 3 N–H and O–H groups in total. The molecule has 0 heterocycles. The zero-order valence-corrected chi connectivity index (χ0v) is 14.3. The summed E-state index contributed by atoms with van der Waals surface area (Å²) in [6.45, 7) is 4.82. The van der Waals surface area contributed by atoms with Gasteiger partial charge in [-0.2, -0.15) is 0 Å². The van der Waals surface area contributed by atoms with Crippen molar-refractivity contribution in [3.63, 3.8) is 0 Å². The van der Waals surface area contributed by atoms with E-state index in [0.29, 0.717) is 25.3 Å². The van der Waals surface area contributed by atoms with Crippen molar-refractivity contribution in [1.82, 2.24) is 4.72 Å². The lowest BCUT2D eigenvalue weighted by atomic mass is 10.1. The molecule has 0 spiro atoms. The molecule has 0 saturated carbocycles. The van der Waals surface area contributed by atoms with E-state index in [9.17, 15) is 8.42 Å². The van der Waals surface area contributed by atoms with Gasteiger partial charge in [0.15, 0.2) is 0 Å². The summed E-state index contributed by atoms with van der Waals surface area (Å²) in [7, 11) is -1.96. The van der Waals surface area contributed by atoms with Crippen molar-refractivity contribution in [3.05, 3.63) is 27.7 Å². The van der Waals surface area contributed by atoms with Gasteiger partial charge in [-0.15, -0.1) is 0 Å². The molecule has 1 unspecified atom stereocenters. The predicted molar refractivity (Wildman–Crippen MR) is 83.0 cm³/mol. The number of sulfonamides is 1. The fourth-order valence-corrected chi connectivity index (χ4v) is 3.90. The van der Waals surface area contributed by atoms with Crippen molar-refractivity contribution in [3.8, 4) is 0 Å². The van der Waals surface area contributed by atoms with Crippen LogP contribution in [0.1, 0.15) is 18.1 Å². The van der Waals surface area contributed by atoms with E-state index in [0.717, 1.165) is 10.0 Å². The quantitative estimate of drug-likeness (QED) is 0.772. The number of rotatable bonds is 7. The van der Waals surface area contributed by atoms with E-state index >= 15 is 0 Å². The molecule has 20 heavy (non-hydrogen) atoms. The lowest BCUT2D eigenvalue weighted by Crippen LogP contribution is -2.30.